The van der Waals surface area contributed by atoms with Gasteiger partial charge in [-0.15, -0.1) is 5.10 Å². The van der Waals surface area contributed by atoms with Crippen LogP contribution in [0.15, 0.2) is 34.9 Å². The predicted octanol–water partition coefficient (Wildman–Crippen LogP) is 2.11. The third-order valence-corrected chi connectivity index (χ3v) is 2.91. The Morgan fingerprint density at radius 1 is 1.44 bits per heavy atom. The van der Waals surface area contributed by atoms with Crippen molar-refractivity contribution in [2.45, 2.75) is 19.4 Å². The monoisotopic (exact) mass is 309 g/mol. The van der Waals surface area contributed by atoms with E-state index in [2.05, 4.69) is 26.2 Å². The first kappa shape index (κ1) is 12.8. The van der Waals surface area contributed by atoms with Gasteiger partial charge in [-0.1, -0.05) is 33.3 Å². The minimum atomic E-state index is -0.823. The fourth-order valence-electron chi connectivity index (χ4n) is 1.59. The highest BCUT2D eigenvalue weighted by Crippen LogP contribution is 2.12. The second-order valence-electron chi connectivity index (χ2n) is 3.93. The minimum absolute atomic E-state index is 0.0789. The van der Waals surface area contributed by atoms with E-state index in [0.29, 0.717) is 18.7 Å². The molecule has 2 aromatic rings. The SMILES string of the molecule is O=C(O)CCc1cn(Cc2cccc(Br)c2)nn1. The Morgan fingerprint density at radius 3 is 3.00 bits per heavy atom. The van der Waals surface area contributed by atoms with E-state index in [1.165, 1.54) is 0 Å². The molecule has 0 aliphatic heterocycles. The highest BCUT2D eigenvalue weighted by Gasteiger charge is 2.04. The summed E-state index contributed by atoms with van der Waals surface area (Å²) in [6.45, 7) is 0.625. The van der Waals surface area contributed by atoms with Crippen LogP contribution < -0.4 is 0 Å². The van der Waals surface area contributed by atoms with Gasteiger partial charge in [-0.25, -0.2) is 4.68 Å². The molecular formula is C12H12BrN3O2. The maximum atomic E-state index is 10.4. The Labute approximate surface area is 113 Å². The smallest absolute Gasteiger partial charge is 0.303 e. The lowest BCUT2D eigenvalue weighted by Crippen LogP contribution is -2.00. The van der Waals surface area contributed by atoms with Gasteiger partial charge < -0.3 is 5.11 Å². The summed E-state index contributed by atoms with van der Waals surface area (Å²) in [5.41, 5.74) is 1.81. The lowest BCUT2D eigenvalue weighted by molar-refractivity contribution is -0.136. The lowest BCUT2D eigenvalue weighted by atomic mass is 10.2. The van der Waals surface area contributed by atoms with Gasteiger partial charge in [0.1, 0.15) is 0 Å². The Balaban J connectivity index is 2.00. The van der Waals surface area contributed by atoms with Crippen molar-refractivity contribution in [1.82, 2.24) is 15.0 Å². The number of aliphatic carboxylic acids is 1. The zero-order valence-electron chi connectivity index (χ0n) is 9.58. The van der Waals surface area contributed by atoms with Crippen molar-refractivity contribution >= 4 is 21.9 Å². The standard InChI is InChI=1S/C12H12BrN3O2/c13-10-3-1-2-9(6-10)7-16-8-11(14-15-16)4-5-12(17)18/h1-3,6,8H,4-5,7H2,(H,17,18). The van der Waals surface area contributed by atoms with Gasteiger partial charge in [0.2, 0.25) is 0 Å². The van der Waals surface area contributed by atoms with Crippen molar-refractivity contribution in [3.8, 4) is 0 Å². The first-order chi connectivity index (χ1) is 8.63. The maximum Gasteiger partial charge on any atom is 0.303 e. The van der Waals surface area contributed by atoms with Gasteiger partial charge in [0.15, 0.2) is 0 Å². The first-order valence-electron chi connectivity index (χ1n) is 5.49. The maximum absolute atomic E-state index is 10.4. The normalized spacial score (nSPS) is 10.5. The van der Waals surface area contributed by atoms with E-state index in [4.69, 9.17) is 5.11 Å². The molecule has 0 radical (unpaired) electrons. The zero-order valence-corrected chi connectivity index (χ0v) is 11.2. The van der Waals surface area contributed by atoms with Crippen LogP contribution >= 0.6 is 15.9 Å². The van der Waals surface area contributed by atoms with Crippen LogP contribution in [0, 0.1) is 0 Å². The van der Waals surface area contributed by atoms with E-state index in [-0.39, 0.29) is 6.42 Å². The molecule has 0 unspecified atom stereocenters. The number of aryl methyl sites for hydroxylation is 1. The van der Waals surface area contributed by atoms with E-state index in [1.54, 1.807) is 10.9 Å². The van der Waals surface area contributed by atoms with E-state index >= 15 is 0 Å². The summed E-state index contributed by atoms with van der Waals surface area (Å²) in [6, 6.07) is 7.94. The quantitative estimate of drug-likeness (QED) is 0.918. The number of nitrogens with zero attached hydrogens (tertiary/aromatic N) is 3. The molecule has 0 bridgehead atoms. The van der Waals surface area contributed by atoms with Crippen LogP contribution in [-0.2, 0) is 17.8 Å². The number of carboxylic acids is 1. The number of rotatable bonds is 5. The summed E-state index contributed by atoms with van der Waals surface area (Å²) in [4.78, 5) is 10.4. The Hall–Kier alpha value is -1.69. The summed E-state index contributed by atoms with van der Waals surface area (Å²) in [5.74, 6) is -0.823. The molecule has 1 N–H and O–H groups in total. The van der Waals surface area contributed by atoms with Crippen molar-refractivity contribution in [1.29, 1.82) is 0 Å². The number of halogens is 1. The van der Waals surface area contributed by atoms with Crippen LogP contribution in [0.25, 0.3) is 0 Å². The number of hydrogen-bond donors (Lipinski definition) is 1. The molecule has 0 saturated heterocycles. The van der Waals surface area contributed by atoms with Crippen LogP contribution in [0.4, 0.5) is 0 Å². The van der Waals surface area contributed by atoms with Crippen molar-refractivity contribution < 1.29 is 9.90 Å². The molecule has 0 aliphatic carbocycles. The summed E-state index contributed by atoms with van der Waals surface area (Å²) >= 11 is 3.41. The summed E-state index contributed by atoms with van der Waals surface area (Å²) in [6.07, 6.45) is 2.27. The van der Waals surface area contributed by atoms with Crippen LogP contribution in [0.5, 0.6) is 0 Å². The van der Waals surface area contributed by atoms with Crippen molar-refractivity contribution in [3.63, 3.8) is 0 Å². The van der Waals surface area contributed by atoms with Crippen LogP contribution in [0.1, 0.15) is 17.7 Å². The third-order valence-electron chi connectivity index (χ3n) is 2.41. The molecule has 2 rings (SSSR count). The Morgan fingerprint density at radius 2 is 2.28 bits per heavy atom. The van der Waals surface area contributed by atoms with E-state index in [1.807, 2.05) is 24.3 Å². The van der Waals surface area contributed by atoms with Gasteiger partial charge in [-0.2, -0.15) is 0 Å². The first-order valence-corrected chi connectivity index (χ1v) is 6.28. The van der Waals surface area contributed by atoms with Crippen molar-refractivity contribution in [2.75, 3.05) is 0 Å². The topological polar surface area (TPSA) is 68.0 Å². The fourth-order valence-corrected chi connectivity index (χ4v) is 2.03. The van der Waals surface area contributed by atoms with Gasteiger partial charge in [-0.3, -0.25) is 4.79 Å². The molecule has 1 aromatic carbocycles. The van der Waals surface area contributed by atoms with Crippen molar-refractivity contribution in [3.05, 3.63) is 46.2 Å². The number of carboxylic acid groups (broad SMARTS) is 1. The number of benzene rings is 1. The van der Waals surface area contributed by atoms with E-state index in [0.717, 1.165) is 10.0 Å². The highest BCUT2D eigenvalue weighted by atomic mass is 79.9. The molecule has 1 aromatic heterocycles. The average Bonchev–Trinajstić information content (AvgIpc) is 2.74. The zero-order chi connectivity index (χ0) is 13.0. The molecule has 1 heterocycles. The van der Waals surface area contributed by atoms with Crippen LogP contribution in [-0.4, -0.2) is 26.1 Å². The molecule has 0 spiro atoms. The molecule has 5 nitrogen and oxygen atoms in total. The number of carbonyl (C=O) groups is 1. The van der Waals surface area contributed by atoms with Crippen LogP contribution in [0.3, 0.4) is 0 Å². The minimum Gasteiger partial charge on any atom is -0.481 e. The van der Waals surface area contributed by atoms with E-state index < -0.39 is 5.97 Å². The van der Waals surface area contributed by atoms with Gasteiger partial charge in [0.05, 0.1) is 18.7 Å². The average molecular weight is 310 g/mol. The van der Waals surface area contributed by atoms with Gasteiger partial charge in [-0.05, 0) is 17.7 Å². The summed E-state index contributed by atoms with van der Waals surface area (Å²) in [5, 5.41) is 16.5. The third kappa shape index (κ3) is 3.66. The molecule has 0 fully saturated rings. The lowest BCUT2D eigenvalue weighted by Gasteiger charge is -2.00. The molecule has 18 heavy (non-hydrogen) atoms. The molecule has 0 saturated carbocycles. The Bertz CT molecular complexity index is 554. The molecule has 94 valence electrons. The Kier molecular flexibility index (Phi) is 4.09. The van der Waals surface area contributed by atoms with Crippen molar-refractivity contribution in [2.24, 2.45) is 0 Å². The predicted molar refractivity (Wildman–Crippen MR) is 69.2 cm³/mol. The second kappa shape index (κ2) is 5.77. The largest absolute Gasteiger partial charge is 0.481 e. The summed E-state index contributed by atoms with van der Waals surface area (Å²) in [7, 11) is 0. The van der Waals surface area contributed by atoms with E-state index in [9.17, 15) is 4.79 Å². The number of aromatic nitrogens is 3. The van der Waals surface area contributed by atoms with Gasteiger partial charge in [0, 0.05) is 17.1 Å². The molecule has 0 aliphatic rings. The second-order valence-corrected chi connectivity index (χ2v) is 4.85. The molecule has 0 amide bonds. The van der Waals surface area contributed by atoms with Gasteiger partial charge >= 0.3 is 5.97 Å². The highest BCUT2D eigenvalue weighted by molar-refractivity contribution is 9.10. The number of hydrogen-bond acceptors (Lipinski definition) is 3. The molecular weight excluding hydrogens is 298 g/mol. The van der Waals surface area contributed by atoms with Gasteiger partial charge in [0.25, 0.3) is 0 Å². The molecule has 0 atom stereocenters. The van der Waals surface area contributed by atoms with Crippen LogP contribution in [0.2, 0.25) is 0 Å². The summed E-state index contributed by atoms with van der Waals surface area (Å²) < 4.78 is 2.73. The molecule has 6 heteroatoms. The fraction of sp³-hybridized carbons (Fsp3) is 0.250.